The molecule has 106 valence electrons. The predicted octanol–water partition coefficient (Wildman–Crippen LogP) is 3.10. The number of benzene rings is 1. The third-order valence-electron chi connectivity index (χ3n) is 3.43. The summed E-state index contributed by atoms with van der Waals surface area (Å²) in [5.41, 5.74) is 7.00. The summed E-state index contributed by atoms with van der Waals surface area (Å²) in [7, 11) is 0. The van der Waals surface area contributed by atoms with Crippen LogP contribution < -0.4 is 5.73 Å². The van der Waals surface area contributed by atoms with Crippen LogP contribution in [-0.2, 0) is 4.74 Å². The predicted molar refractivity (Wildman–Crippen MR) is 79.8 cm³/mol. The molecule has 2 rings (SSSR count). The van der Waals surface area contributed by atoms with E-state index in [1.807, 2.05) is 12.1 Å². The molecule has 0 amide bonds. The molecule has 1 heterocycles. The van der Waals surface area contributed by atoms with Gasteiger partial charge in [0.15, 0.2) is 0 Å². The fourth-order valence-electron chi connectivity index (χ4n) is 2.72. The van der Waals surface area contributed by atoms with Crippen molar-refractivity contribution >= 4 is 23.2 Å². The van der Waals surface area contributed by atoms with Gasteiger partial charge in [0.1, 0.15) is 0 Å². The number of rotatable bonds is 3. The molecule has 1 aromatic carbocycles. The average Bonchev–Trinajstić information content (AvgIpc) is 2.31. The van der Waals surface area contributed by atoms with Crippen molar-refractivity contribution in [2.24, 2.45) is 5.73 Å². The molecule has 2 N–H and O–H groups in total. The number of hydrogen-bond acceptors (Lipinski definition) is 3. The van der Waals surface area contributed by atoms with Gasteiger partial charge in [-0.15, -0.1) is 0 Å². The number of hydrogen-bond donors (Lipinski definition) is 1. The van der Waals surface area contributed by atoms with Crippen molar-refractivity contribution < 1.29 is 4.74 Å². The molecule has 1 aliphatic rings. The smallest absolute Gasteiger partial charge is 0.0678 e. The Kier molecular flexibility index (Phi) is 5.09. The molecule has 0 aliphatic carbocycles. The Balaban J connectivity index is 2.23. The molecule has 19 heavy (non-hydrogen) atoms. The molecule has 1 aromatic rings. The van der Waals surface area contributed by atoms with E-state index in [-0.39, 0.29) is 18.2 Å². The van der Waals surface area contributed by atoms with E-state index in [9.17, 15) is 0 Å². The van der Waals surface area contributed by atoms with E-state index in [2.05, 4.69) is 18.7 Å². The van der Waals surface area contributed by atoms with E-state index in [1.165, 1.54) is 0 Å². The molecule has 1 saturated heterocycles. The van der Waals surface area contributed by atoms with Crippen LogP contribution in [0.5, 0.6) is 0 Å². The molecule has 5 heteroatoms. The van der Waals surface area contributed by atoms with Crippen LogP contribution in [0.15, 0.2) is 18.2 Å². The Morgan fingerprint density at radius 1 is 1.32 bits per heavy atom. The maximum absolute atomic E-state index is 6.30. The molecule has 0 spiro atoms. The van der Waals surface area contributed by atoms with Crippen molar-refractivity contribution in [1.29, 1.82) is 0 Å². The van der Waals surface area contributed by atoms with Gasteiger partial charge in [-0.3, -0.25) is 4.90 Å². The quantitative estimate of drug-likeness (QED) is 0.932. The van der Waals surface area contributed by atoms with E-state index < -0.39 is 0 Å². The van der Waals surface area contributed by atoms with Gasteiger partial charge >= 0.3 is 0 Å². The van der Waals surface area contributed by atoms with E-state index in [4.69, 9.17) is 33.7 Å². The first-order valence-electron chi connectivity index (χ1n) is 6.55. The Hall–Kier alpha value is -0.320. The van der Waals surface area contributed by atoms with Crippen LogP contribution in [-0.4, -0.2) is 36.7 Å². The third kappa shape index (κ3) is 3.61. The fraction of sp³-hybridized carbons (Fsp3) is 0.571. The second-order valence-electron chi connectivity index (χ2n) is 5.13. The SMILES string of the molecule is C[C@@H]1CN([C@H](CN)c2ccc(Cl)cc2Cl)C[C@@H](C)O1. The van der Waals surface area contributed by atoms with Gasteiger partial charge < -0.3 is 10.5 Å². The molecule has 0 bridgehead atoms. The van der Waals surface area contributed by atoms with Gasteiger partial charge in [-0.1, -0.05) is 29.3 Å². The second kappa shape index (κ2) is 6.42. The van der Waals surface area contributed by atoms with Crippen LogP contribution in [0.3, 0.4) is 0 Å². The van der Waals surface area contributed by atoms with Crippen molar-refractivity contribution in [3.8, 4) is 0 Å². The van der Waals surface area contributed by atoms with Crippen LogP contribution >= 0.6 is 23.2 Å². The lowest BCUT2D eigenvalue weighted by Crippen LogP contribution is -2.48. The first-order valence-corrected chi connectivity index (χ1v) is 7.31. The van der Waals surface area contributed by atoms with Gasteiger partial charge in [-0.2, -0.15) is 0 Å². The molecule has 1 aliphatic heterocycles. The highest BCUT2D eigenvalue weighted by atomic mass is 35.5. The fourth-order valence-corrected chi connectivity index (χ4v) is 3.25. The maximum Gasteiger partial charge on any atom is 0.0678 e. The zero-order valence-corrected chi connectivity index (χ0v) is 12.8. The lowest BCUT2D eigenvalue weighted by atomic mass is 10.0. The highest BCUT2D eigenvalue weighted by Gasteiger charge is 2.29. The molecule has 1 fully saturated rings. The number of halogens is 2. The summed E-state index contributed by atoms with van der Waals surface area (Å²) in [6, 6.07) is 5.71. The van der Waals surface area contributed by atoms with E-state index in [1.54, 1.807) is 6.07 Å². The monoisotopic (exact) mass is 302 g/mol. The molecule has 0 unspecified atom stereocenters. The van der Waals surface area contributed by atoms with Crippen molar-refractivity contribution in [2.75, 3.05) is 19.6 Å². The summed E-state index contributed by atoms with van der Waals surface area (Å²) >= 11 is 12.2. The van der Waals surface area contributed by atoms with Crippen molar-refractivity contribution in [2.45, 2.75) is 32.1 Å². The van der Waals surface area contributed by atoms with Gasteiger partial charge in [-0.25, -0.2) is 0 Å². The second-order valence-corrected chi connectivity index (χ2v) is 5.97. The Bertz CT molecular complexity index is 431. The first kappa shape index (κ1) is 15.1. The minimum absolute atomic E-state index is 0.110. The van der Waals surface area contributed by atoms with Gasteiger partial charge in [-0.05, 0) is 31.5 Å². The molecule has 0 saturated carbocycles. The van der Waals surface area contributed by atoms with Crippen LogP contribution in [0.2, 0.25) is 10.0 Å². The first-order chi connectivity index (χ1) is 9.01. The Morgan fingerprint density at radius 3 is 2.47 bits per heavy atom. The number of ether oxygens (including phenoxy) is 1. The van der Waals surface area contributed by atoms with Crippen LogP contribution in [0, 0.1) is 0 Å². The molecule has 0 aromatic heterocycles. The van der Waals surface area contributed by atoms with Crippen molar-refractivity contribution in [1.82, 2.24) is 4.90 Å². The minimum atomic E-state index is 0.110. The summed E-state index contributed by atoms with van der Waals surface area (Å²) < 4.78 is 5.76. The zero-order valence-electron chi connectivity index (χ0n) is 11.3. The van der Waals surface area contributed by atoms with E-state index in [0.29, 0.717) is 16.6 Å². The standard InChI is InChI=1S/C14H20Cl2N2O/c1-9-7-18(8-10(2)19-9)14(6-17)12-4-3-11(15)5-13(12)16/h3-5,9-10,14H,6-8,17H2,1-2H3/t9-,10-,14-/m1/s1. The van der Waals surface area contributed by atoms with E-state index in [0.717, 1.165) is 18.7 Å². The van der Waals surface area contributed by atoms with Crippen LogP contribution in [0.25, 0.3) is 0 Å². The summed E-state index contributed by atoms with van der Waals surface area (Å²) in [6.45, 7) is 6.43. The van der Waals surface area contributed by atoms with Crippen LogP contribution in [0.1, 0.15) is 25.5 Å². The molecular formula is C14H20Cl2N2O. The zero-order chi connectivity index (χ0) is 14.0. The number of nitrogens with two attached hydrogens (primary N) is 1. The largest absolute Gasteiger partial charge is 0.373 e. The van der Waals surface area contributed by atoms with Crippen molar-refractivity contribution in [3.05, 3.63) is 33.8 Å². The summed E-state index contributed by atoms with van der Waals surface area (Å²) in [5.74, 6) is 0. The normalized spacial score (nSPS) is 26.4. The van der Waals surface area contributed by atoms with Gasteiger partial charge in [0.2, 0.25) is 0 Å². The molecule has 0 radical (unpaired) electrons. The molecule has 3 atom stereocenters. The Morgan fingerprint density at radius 2 is 1.95 bits per heavy atom. The van der Waals surface area contributed by atoms with Gasteiger partial charge in [0.05, 0.1) is 12.2 Å². The summed E-state index contributed by atoms with van der Waals surface area (Å²) in [4.78, 5) is 2.34. The highest BCUT2D eigenvalue weighted by molar-refractivity contribution is 6.35. The molecular weight excluding hydrogens is 283 g/mol. The van der Waals surface area contributed by atoms with Gasteiger partial charge in [0.25, 0.3) is 0 Å². The minimum Gasteiger partial charge on any atom is -0.373 e. The topological polar surface area (TPSA) is 38.5 Å². The summed E-state index contributed by atoms with van der Waals surface area (Å²) in [6.07, 6.45) is 0.424. The van der Waals surface area contributed by atoms with E-state index >= 15 is 0 Å². The number of nitrogens with zero attached hydrogens (tertiary/aromatic N) is 1. The summed E-state index contributed by atoms with van der Waals surface area (Å²) in [5, 5.41) is 1.32. The van der Waals surface area contributed by atoms with Crippen molar-refractivity contribution in [3.63, 3.8) is 0 Å². The molecule has 3 nitrogen and oxygen atoms in total. The maximum atomic E-state index is 6.30. The lowest BCUT2D eigenvalue weighted by molar-refractivity contribution is -0.0799. The average molecular weight is 303 g/mol. The number of morpholine rings is 1. The lowest BCUT2D eigenvalue weighted by Gasteiger charge is -2.40. The van der Waals surface area contributed by atoms with Crippen LogP contribution in [0.4, 0.5) is 0 Å². The Labute approximate surface area is 124 Å². The third-order valence-corrected chi connectivity index (χ3v) is 4.00. The highest BCUT2D eigenvalue weighted by Crippen LogP contribution is 2.31. The van der Waals surface area contributed by atoms with Gasteiger partial charge in [0, 0.05) is 35.7 Å².